The monoisotopic (exact) mass is 694 g/mol. The van der Waals surface area contributed by atoms with Crippen molar-refractivity contribution in [2.24, 2.45) is 0 Å². The minimum absolute atomic E-state index is 0.0425. The van der Waals surface area contributed by atoms with Gasteiger partial charge in [-0.05, 0) is 77.9 Å². The molecule has 0 fully saturated rings. The first-order valence-corrected chi connectivity index (χ1v) is 14.5. The zero-order valence-electron chi connectivity index (χ0n) is 23.6. The molecule has 0 aromatic heterocycles. The van der Waals surface area contributed by atoms with Crippen LogP contribution in [0, 0.1) is 3.57 Å². The normalized spacial score (nSPS) is 19.0. The number of rotatable bonds is 11. The summed E-state index contributed by atoms with van der Waals surface area (Å²) in [6.07, 6.45) is 0.788. The molecule has 0 radical (unpaired) electrons. The molecule has 1 heterocycles. The maximum atomic E-state index is 13.6. The van der Waals surface area contributed by atoms with Crippen LogP contribution in [0.1, 0.15) is 31.4 Å². The quantitative estimate of drug-likeness (QED) is 0.206. The van der Waals surface area contributed by atoms with E-state index in [1.165, 1.54) is 24.2 Å². The van der Waals surface area contributed by atoms with Crippen LogP contribution in [0.3, 0.4) is 0 Å². The summed E-state index contributed by atoms with van der Waals surface area (Å²) in [5, 5.41) is 33.2. The average Bonchev–Trinajstić information content (AvgIpc) is 3.44. The molecule has 4 rings (SSSR count). The van der Waals surface area contributed by atoms with E-state index in [-0.39, 0.29) is 45.4 Å². The number of methoxy groups -OCH3 is 1. The fraction of sp³-hybridized carbons (Fsp3) is 0.400. The van der Waals surface area contributed by atoms with Gasteiger partial charge >= 0.3 is 0 Å². The Morgan fingerprint density at radius 2 is 1.90 bits per heavy atom. The minimum atomic E-state index is -1.24. The van der Waals surface area contributed by atoms with Crippen LogP contribution in [0.5, 0.6) is 23.0 Å². The van der Waals surface area contributed by atoms with Crippen molar-refractivity contribution < 1.29 is 43.9 Å². The van der Waals surface area contributed by atoms with Crippen molar-refractivity contribution in [3.63, 3.8) is 0 Å². The van der Waals surface area contributed by atoms with Crippen molar-refractivity contribution in [2.75, 3.05) is 27.1 Å². The second-order valence-corrected chi connectivity index (χ2v) is 11.3. The van der Waals surface area contributed by atoms with Gasteiger partial charge in [0.25, 0.3) is 0 Å². The topological polar surface area (TPSA) is 147 Å². The molecule has 2 amide bonds. The summed E-state index contributed by atoms with van der Waals surface area (Å²) in [6, 6.07) is 7.88. The van der Waals surface area contributed by atoms with E-state index in [2.05, 4.69) is 27.9 Å². The van der Waals surface area contributed by atoms with E-state index < -0.39 is 24.2 Å². The van der Waals surface area contributed by atoms with Crippen molar-refractivity contribution in [1.82, 2.24) is 10.2 Å². The highest BCUT2D eigenvalue weighted by Crippen LogP contribution is 2.38. The highest BCUT2D eigenvalue weighted by atomic mass is 127. The van der Waals surface area contributed by atoms with E-state index in [0.717, 1.165) is 11.1 Å². The summed E-state index contributed by atoms with van der Waals surface area (Å²) in [4.78, 5) is 28.3. The minimum Gasteiger partial charge on any atom is -0.493 e. The number of amides is 2. The first-order chi connectivity index (χ1) is 20.1. The predicted octanol–water partition coefficient (Wildman–Crippen LogP) is 2.43. The number of nitrogens with zero attached hydrogens (tertiary/aromatic N) is 1. The number of ether oxygens (including phenoxy) is 4. The summed E-state index contributed by atoms with van der Waals surface area (Å²) in [5.41, 5.74) is 2.43. The van der Waals surface area contributed by atoms with Crippen molar-refractivity contribution in [3.05, 3.63) is 68.3 Å². The Kier molecular flexibility index (Phi) is 10.7. The summed E-state index contributed by atoms with van der Waals surface area (Å²) >= 11 is 2.05. The molecule has 3 atom stereocenters. The first-order valence-electron chi connectivity index (χ1n) is 13.4. The molecule has 0 bridgehead atoms. The SMILES string of the molecule is COc1cc(CO)cc(I)c1OC1C=C(C(=O)NCCO)CC(N(Cc2ccc3c(c2)OCO3)C(=O)C=C(C)C)C1O. The van der Waals surface area contributed by atoms with Gasteiger partial charge in [-0.1, -0.05) is 11.6 Å². The fourth-order valence-electron chi connectivity index (χ4n) is 4.82. The van der Waals surface area contributed by atoms with E-state index in [1.54, 1.807) is 38.1 Å². The lowest BCUT2D eigenvalue weighted by Gasteiger charge is -2.40. The lowest BCUT2D eigenvalue weighted by atomic mass is 9.87. The van der Waals surface area contributed by atoms with Gasteiger partial charge in [0.05, 0.1) is 29.9 Å². The van der Waals surface area contributed by atoms with Crippen molar-refractivity contribution in [2.45, 2.75) is 51.7 Å². The Hall–Kier alpha value is -3.33. The third-order valence-corrected chi connectivity index (χ3v) is 7.63. The number of carbonyl (C=O) groups is 2. The molecule has 0 saturated carbocycles. The molecule has 2 aromatic rings. The van der Waals surface area contributed by atoms with E-state index in [1.807, 2.05) is 6.07 Å². The Bertz CT molecular complexity index is 1370. The van der Waals surface area contributed by atoms with Gasteiger partial charge in [-0.15, -0.1) is 0 Å². The summed E-state index contributed by atoms with van der Waals surface area (Å²) < 4.78 is 23.4. The Labute approximate surface area is 257 Å². The molecule has 3 unspecified atom stereocenters. The van der Waals surface area contributed by atoms with Gasteiger partial charge in [0.15, 0.2) is 23.0 Å². The van der Waals surface area contributed by atoms with Gasteiger partial charge in [-0.25, -0.2) is 0 Å². The number of fused-ring (bicyclic) bond motifs is 1. The van der Waals surface area contributed by atoms with Crippen molar-refractivity contribution in [1.29, 1.82) is 0 Å². The van der Waals surface area contributed by atoms with Crippen molar-refractivity contribution >= 4 is 34.4 Å². The summed E-state index contributed by atoms with van der Waals surface area (Å²) in [5.74, 6) is 1.05. The lowest BCUT2D eigenvalue weighted by molar-refractivity contribution is -0.134. The van der Waals surface area contributed by atoms with Crippen LogP contribution in [0.15, 0.2) is 53.6 Å². The molecule has 226 valence electrons. The van der Waals surface area contributed by atoms with Crippen LogP contribution < -0.4 is 24.3 Å². The fourth-order valence-corrected chi connectivity index (χ4v) is 5.61. The maximum absolute atomic E-state index is 13.6. The number of halogens is 1. The number of carbonyl (C=O) groups excluding carboxylic acids is 2. The molecular weight excluding hydrogens is 659 g/mol. The molecule has 0 spiro atoms. The van der Waals surface area contributed by atoms with Crippen LogP contribution >= 0.6 is 22.6 Å². The molecule has 12 heteroatoms. The number of hydrogen-bond donors (Lipinski definition) is 4. The molecular formula is C30H35IN2O9. The van der Waals surface area contributed by atoms with Crippen LogP contribution in [-0.2, 0) is 22.7 Å². The Morgan fingerprint density at radius 3 is 2.60 bits per heavy atom. The largest absolute Gasteiger partial charge is 0.493 e. The number of hydrogen-bond acceptors (Lipinski definition) is 9. The second kappa shape index (κ2) is 14.2. The van der Waals surface area contributed by atoms with Gasteiger partial charge in [0, 0.05) is 31.2 Å². The average molecular weight is 695 g/mol. The number of aliphatic hydroxyl groups excluding tert-OH is 3. The third-order valence-electron chi connectivity index (χ3n) is 6.83. The summed E-state index contributed by atoms with van der Waals surface area (Å²) in [6.45, 7) is 3.43. The highest BCUT2D eigenvalue weighted by molar-refractivity contribution is 14.1. The molecule has 1 aliphatic heterocycles. The van der Waals surface area contributed by atoms with Gasteiger partial charge in [0.1, 0.15) is 12.2 Å². The Morgan fingerprint density at radius 1 is 1.14 bits per heavy atom. The molecule has 4 N–H and O–H groups in total. The zero-order chi connectivity index (χ0) is 30.4. The van der Waals surface area contributed by atoms with Gasteiger partial charge < -0.3 is 44.5 Å². The molecule has 11 nitrogen and oxygen atoms in total. The molecule has 42 heavy (non-hydrogen) atoms. The number of nitrogens with one attached hydrogen (secondary N) is 1. The van der Waals surface area contributed by atoms with Crippen LogP contribution in [-0.4, -0.2) is 77.3 Å². The van der Waals surface area contributed by atoms with Crippen LogP contribution in [0.4, 0.5) is 0 Å². The molecule has 0 saturated heterocycles. The third kappa shape index (κ3) is 7.35. The standard InChI is InChI=1S/C30H35IN2O9/c1-17(2)8-27(36)33(14-18-4-5-23-24(10-18)41-16-40-23)22-12-20(30(38)32-6-7-34)13-25(28(22)37)42-29-21(31)9-19(15-35)11-26(29)39-3/h4-5,8-11,13,22,25,28,34-35,37H,6-7,12,14-16H2,1-3H3,(H,32,38). The smallest absolute Gasteiger partial charge is 0.247 e. The van der Waals surface area contributed by atoms with Gasteiger partial charge in [-0.2, -0.15) is 0 Å². The van der Waals surface area contributed by atoms with Gasteiger partial charge in [-0.3, -0.25) is 9.59 Å². The lowest BCUT2D eigenvalue weighted by Crippen LogP contribution is -2.54. The molecule has 2 aliphatic rings. The second-order valence-electron chi connectivity index (χ2n) is 10.2. The van der Waals surface area contributed by atoms with Crippen LogP contribution in [0.2, 0.25) is 0 Å². The highest BCUT2D eigenvalue weighted by Gasteiger charge is 2.41. The molecule has 1 aliphatic carbocycles. The number of allylic oxidation sites excluding steroid dienone is 1. The van der Waals surface area contributed by atoms with Crippen molar-refractivity contribution in [3.8, 4) is 23.0 Å². The van der Waals surface area contributed by atoms with E-state index >= 15 is 0 Å². The van der Waals surface area contributed by atoms with Gasteiger partial charge in [0.2, 0.25) is 18.6 Å². The summed E-state index contributed by atoms with van der Waals surface area (Å²) in [7, 11) is 1.47. The predicted molar refractivity (Wildman–Crippen MR) is 161 cm³/mol. The number of benzene rings is 2. The molecule has 2 aromatic carbocycles. The van der Waals surface area contributed by atoms with E-state index in [9.17, 15) is 24.9 Å². The zero-order valence-corrected chi connectivity index (χ0v) is 25.8. The Balaban J connectivity index is 1.73. The van der Waals surface area contributed by atoms with E-state index in [4.69, 9.17) is 18.9 Å². The van der Waals surface area contributed by atoms with Crippen LogP contribution in [0.25, 0.3) is 0 Å². The van der Waals surface area contributed by atoms with E-state index in [0.29, 0.717) is 37.7 Å². The number of aliphatic hydroxyl groups is 3. The maximum Gasteiger partial charge on any atom is 0.247 e. The first kappa shape index (κ1) is 31.6.